The maximum atomic E-state index is 12.4. The van der Waals surface area contributed by atoms with E-state index < -0.39 is 10.0 Å². The van der Waals surface area contributed by atoms with Gasteiger partial charge >= 0.3 is 0 Å². The first-order chi connectivity index (χ1) is 9.92. The van der Waals surface area contributed by atoms with Crippen molar-refractivity contribution in [3.05, 3.63) is 29.8 Å². The van der Waals surface area contributed by atoms with Crippen molar-refractivity contribution < 1.29 is 17.9 Å². The second-order valence-corrected chi connectivity index (χ2v) is 7.04. The number of ether oxygens (including phenoxy) is 1. The molecule has 2 atom stereocenters. The number of hydrogen-bond acceptors (Lipinski definition) is 4. The Labute approximate surface area is 125 Å². The number of ketones is 1. The van der Waals surface area contributed by atoms with Gasteiger partial charge in [-0.25, -0.2) is 13.1 Å². The predicted octanol–water partition coefficient (Wildman–Crippen LogP) is 2.13. The van der Waals surface area contributed by atoms with E-state index in [1.165, 1.54) is 12.1 Å². The van der Waals surface area contributed by atoms with E-state index in [2.05, 4.69) is 4.72 Å². The minimum Gasteiger partial charge on any atom is -0.378 e. The fourth-order valence-electron chi connectivity index (χ4n) is 2.43. The lowest BCUT2D eigenvalue weighted by Crippen LogP contribution is -2.41. The van der Waals surface area contributed by atoms with Gasteiger partial charge in [-0.1, -0.05) is 19.1 Å². The van der Waals surface area contributed by atoms with E-state index in [1.807, 2.05) is 6.92 Å². The lowest BCUT2D eigenvalue weighted by Gasteiger charge is -2.27. The predicted molar refractivity (Wildman–Crippen MR) is 79.8 cm³/mol. The van der Waals surface area contributed by atoms with Crippen LogP contribution in [0.3, 0.4) is 0 Å². The van der Waals surface area contributed by atoms with E-state index in [4.69, 9.17) is 4.74 Å². The first kappa shape index (κ1) is 16.1. The third-order valence-electron chi connectivity index (χ3n) is 3.59. The molecule has 0 bridgehead atoms. The monoisotopic (exact) mass is 311 g/mol. The van der Waals surface area contributed by atoms with Crippen LogP contribution in [-0.4, -0.2) is 33.0 Å². The lowest BCUT2D eigenvalue weighted by atomic mass is 10.1. The molecule has 1 aromatic carbocycles. The van der Waals surface area contributed by atoms with Crippen LogP contribution >= 0.6 is 0 Å². The van der Waals surface area contributed by atoms with Crippen LogP contribution in [0, 0.1) is 0 Å². The fourth-order valence-corrected chi connectivity index (χ4v) is 3.76. The highest BCUT2D eigenvalue weighted by Gasteiger charge is 2.25. The molecule has 2 unspecified atom stereocenters. The summed E-state index contributed by atoms with van der Waals surface area (Å²) in [5.41, 5.74) is 0.431. The molecule has 1 aliphatic heterocycles. The largest absolute Gasteiger partial charge is 0.378 e. The van der Waals surface area contributed by atoms with Crippen LogP contribution in [0.1, 0.15) is 43.5 Å². The molecule has 1 aromatic rings. The maximum absolute atomic E-state index is 12.4. The molecule has 1 aliphatic rings. The summed E-state index contributed by atoms with van der Waals surface area (Å²) in [6, 6.07) is 6.07. The molecular weight excluding hydrogens is 290 g/mol. The van der Waals surface area contributed by atoms with Crippen molar-refractivity contribution in [1.29, 1.82) is 0 Å². The molecule has 0 amide bonds. The van der Waals surface area contributed by atoms with Crippen LogP contribution in [0.4, 0.5) is 0 Å². The number of sulfonamides is 1. The summed E-state index contributed by atoms with van der Waals surface area (Å²) >= 11 is 0. The van der Waals surface area contributed by atoms with Gasteiger partial charge in [-0.3, -0.25) is 4.79 Å². The van der Waals surface area contributed by atoms with Crippen molar-refractivity contribution >= 4 is 15.8 Å². The summed E-state index contributed by atoms with van der Waals surface area (Å²) in [6.07, 6.45) is 1.73. The number of benzene rings is 1. The van der Waals surface area contributed by atoms with Gasteiger partial charge in [0.15, 0.2) is 5.78 Å². The van der Waals surface area contributed by atoms with E-state index in [0.29, 0.717) is 31.4 Å². The molecule has 6 heteroatoms. The Morgan fingerprint density at radius 3 is 2.86 bits per heavy atom. The highest BCUT2D eigenvalue weighted by molar-refractivity contribution is 7.89. The number of carbonyl (C=O) groups excluding carboxylic acids is 1. The van der Waals surface area contributed by atoms with E-state index in [-0.39, 0.29) is 22.8 Å². The molecule has 1 fully saturated rings. The van der Waals surface area contributed by atoms with Crippen molar-refractivity contribution in [3.63, 3.8) is 0 Å². The summed E-state index contributed by atoms with van der Waals surface area (Å²) in [7, 11) is -3.61. The van der Waals surface area contributed by atoms with Gasteiger partial charge in [-0.2, -0.15) is 0 Å². The normalized spacial score (nSPS) is 23.0. The molecule has 1 saturated heterocycles. The van der Waals surface area contributed by atoms with Gasteiger partial charge in [-0.05, 0) is 31.9 Å². The Balaban J connectivity index is 2.17. The minimum absolute atomic E-state index is 0.0550. The maximum Gasteiger partial charge on any atom is 0.240 e. The summed E-state index contributed by atoms with van der Waals surface area (Å²) in [5, 5.41) is 0. The van der Waals surface area contributed by atoms with E-state index >= 15 is 0 Å². The summed E-state index contributed by atoms with van der Waals surface area (Å²) < 4.78 is 32.9. The standard InChI is InChI=1S/C15H21NO4S/c1-3-15(17)12-5-4-6-14(10-12)21(18,19)16-13-7-8-20-11(2)9-13/h4-6,10-11,13,16H,3,7-9H2,1-2H3. The van der Waals surface area contributed by atoms with E-state index in [9.17, 15) is 13.2 Å². The minimum atomic E-state index is -3.61. The van der Waals surface area contributed by atoms with Crippen molar-refractivity contribution in [2.45, 2.75) is 50.2 Å². The molecule has 0 spiro atoms. The van der Waals surface area contributed by atoms with Gasteiger partial charge in [0.25, 0.3) is 0 Å². The Bertz CT molecular complexity index is 612. The first-order valence-electron chi connectivity index (χ1n) is 7.19. The average Bonchev–Trinajstić information content (AvgIpc) is 2.46. The topological polar surface area (TPSA) is 72.5 Å². The molecule has 0 aromatic heterocycles. The highest BCUT2D eigenvalue weighted by Crippen LogP contribution is 2.18. The van der Waals surface area contributed by atoms with Crippen molar-refractivity contribution in [2.75, 3.05) is 6.61 Å². The Hall–Kier alpha value is -1.24. The first-order valence-corrected chi connectivity index (χ1v) is 8.68. The van der Waals surface area contributed by atoms with Crippen LogP contribution in [0.25, 0.3) is 0 Å². The number of hydrogen-bond donors (Lipinski definition) is 1. The molecule has 21 heavy (non-hydrogen) atoms. The van der Waals surface area contributed by atoms with Crippen LogP contribution in [-0.2, 0) is 14.8 Å². The second kappa shape index (κ2) is 6.68. The average molecular weight is 311 g/mol. The lowest BCUT2D eigenvalue weighted by molar-refractivity contribution is 0.0173. The molecule has 1 N–H and O–H groups in total. The number of nitrogens with one attached hydrogen (secondary N) is 1. The fraction of sp³-hybridized carbons (Fsp3) is 0.533. The SMILES string of the molecule is CCC(=O)c1cccc(S(=O)(=O)NC2CCOC(C)C2)c1. The summed E-state index contributed by atoms with van der Waals surface area (Å²) in [6.45, 7) is 4.24. The van der Waals surface area contributed by atoms with Crippen LogP contribution in [0.5, 0.6) is 0 Å². The van der Waals surface area contributed by atoms with Crippen molar-refractivity contribution in [3.8, 4) is 0 Å². The van der Waals surface area contributed by atoms with Gasteiger partial charge in [0, 0.05) is 24.6 Å². The van der Waals surface area contributed by atoms with Gasteiger partial charge < -0.3 is 4.74 Å². The third kappa shape index (κ3) is 4.12. The zero-order valence-electron chi connectivity index (χ0n) is 12.3. The smallest absolute Gasteiger partial charge is 0.240 e. The highest BCUT2D eigenvalue weighted by atomic mass is 32.2. The Kier molecular flexibility index (Phi) is 5.13. The number of Topliss-reactive ketones (excluding diaryl/α,β-unsaturated/α-hetero) is 1. The van der Waals surface area contributed by atoms with E-state index in [1.54, 1.807) is 19.1 Å². The van der Waals surface area contributed by atoms with Gasteiger partial charge in [0.1, 0.15) is 0 Å². The Morgan fingerprint density at radius 1 is 1.43 bits per heavy atom. The Morgan fingerprint density at radius 2 is 2.19 bits per heavy atom. The molecule has 0 radical (unpaired) electrons. The summed E-state index contributed by atoms with van der Waals surface area (Å²) in [5.74, 6) is -0.0632. The zero-order chi connectivity index (χ0) is 15.5. The van der Waals surface area contributed by atoms with Crippen LogP contribution < -0.4 is 4.72 Å². The molecular formula is C15H21NO4S. The van der Waals surface area contributed by atoms with E-state index in [0.717, 1.165) is 0 Å². The van der Waals surface area contributed by atoms with Gasteiger partial charge in [0.2, 0.25) is 10.0 Å². The second-order valence-electron chi connectivity index (χ2n) is 5.33. The molecule has 0 aliphatic carbocycles. The number of rotatable bonds is 5. The zero-order valence-corrected chi connectivity index (χ0v) is 13.2. The molecule has 5 nitrogen and oxygen atoms in total. The van der Waals surface area contributed by atoms with Crippen LogP contribution in [0.2, 0.25) is 0 Å². The summed E-state index contributed by atoms with van der Waals surface area (Å²) in [4.78, 5) is 11.8. The van der Waals surface area contributed by atoms with Gasteiger partial charge in [-0.15, -0.1) is 0 Å². The molecule has 0 saturated carbocycles. The third-order valence-corrected chi connectivity index (χ3v) is 5.11. The number of carbonyl (C=O) groups is 1. The molecule has 1 heterocycles. The van der Waals surface area contributed by atoms with Crippen LogP contribution in [0.15, 0.2) is 29.2 Å². The van der Waals surface area contributed by atoms with Crippen molar-refractivity contribution in [1.82, 2.24) is 4.72 Å². The molecule has 2 rings (SSSR count). The van der Waals surface area contributed by atoms with Crippen molar-refractivity contribution in [2.24, 2.45) is 0 Å². The van der Waals surface area contributed by atoms with Gasteiger partial charge in [0.05, 0.1) is 11.0 Å². The quantitative estimate of drug-likeness (QED) is 0.846. The molecule has 116 valence electrons.